The lowest BCUT2D eigenvalue weighted by atomic mass is 10.1. The molecule has 0 saturated heterocycles. The van der Waals surface area contributed by atoms with Crippen LogP contribution in [0.1, 0.15) is 0 Å². The van der Waals surface area contributed by atoms with Gasteiger partial charge in [-0.05, 0) is 46.5 Å². The number of aromatic nitrogens is 1. The number of nitrogens with zero attached hydrogens (tertiary/aromatic N) is 1. The minimum absolute atomic E-state index is 0.791. The van der Waals surface area contributed by atoms with Crippen LogP contribution in [0.3, 0.4) is 0 Å². The zero-order valence-electron chi connectivity index (χ0n) is 15.1. The van der Waals surface area contributed by atoms with Gasteiger partial charge in [-0.25, -0.2) is 0 Å². The van der Waals surface area contributed by atoms with E-state index in [0.29, 0.717) is 0 Å². The van der Waals surface area contributed by atoms with Crippen molar-refractivity contribution in [2.45, 2.75) is 0 Å². The first-order chi connectivity index (χ1) is 13.9. The van der Waals surface area contributed by atoms with Gasteiger partial charge in [0, 0.05) is 17.8 Å². The molecule has 0 amide bonds. The van der Waals surface area contributed by atoms with Crippen LogP contribution in [0.15, 0.2) is 109 Å². The van der Waals surface area contributed by atoms with E-state index in [4.69, 9.17) is 9.05 Å². The van der Waals surface area contributed by atoms with Gasteiger partial charge >= 0.3 is 8.53 Å². The lowest BCUT2D eigenvalue weighted by Gasteiger charge is -2.20. The number of fused-ring (bicyclic) bond motifs is 2. The summed E-state index contributed by atoms with van der Waals surface area (Å²) in [6.45, 7) is 0. The molecular formula is C24H18NO2P. The molecule has 0 bridgehead atoms. The number of rotatable bonds is 5. The highest BCUT2D eigenvalue weighted by atomic mass is 31.2. The third-order valence-corrected chi connectivity index (χ3v) is 5.97. The molecule has 0 saturated carbocycles. The molecule has 0 radical (unpaired) electrons. The normalized spacial score (nSPS) is 12.1. The lowest BCUT2D eigenvalue weighted by Crippen LogP contribution is -2.03. The average molecular weight is 383 g/mol. The Hall–Kier alpha value is -3.29. The van der Waals surface area contributed by atoms with Crippen LogP contribution in [-0.4, -0.2) is 4.34 Å². The van der Waals surface area contributed by atoms with Gasteiger partial charge in [-0.2, -0.15) is 0 Å². The van der Waals surface area contributed by atoms with E-state index < -0.39 is 8.53 Å². The van der Waals surface area contributed by atoms with Crippen molar-refractivity contribution < 1.29 is 9.05 Å². The van der Waals surface area contributed by atoms with Crippen LogP contribution in [0.25, 0.3) is 21.5 Å². The van der Waals surface area contributed by atoms with E-state index in [1.165, 1.54) is 5.39 Å². The lowest BCUT2D eigenvalue weighted by molar-refractivity contribution is 0.482. The summed E-state index contributed by atoms with van der Waals surface area (Å²) >= 11 is 0. The van der Waals surface area contributed by atoms with Gasteiger partial charge in [0.05, 0.1) is 0 Å². The van der Waals surface area contributed by atoms with Crippen LogP contribution in [0, 0.1) is 0 Å². The Balaban J connectivity index is 1.51. The summed E-state index contributed by atoms with van der Waals surface area (Å²) in [7, 11) is -1.38. The van der Waals surface area contributed by atoms with E-state index in [0.717, 1.165) is 27.7 Å². The summed E-state index contributed by atoms with van der Waals surface area (Å²) < 4.78 is 14.7. The van der Waals surface area contributed by atoms with Gasteiger partial charge in [-0.3, -0.25) is 4.34 Å². The van der Waals surface area contributed by atoms with E-state index in [1.54, 1.807) is 0 Å². The molecule has 136 valence electrons. The zero-order valence-corrected chi connectivity index (χ0v) is 16.0. The molecule has 1 atom stereocenters. The van der Waals surface area contributed by atoms with Crippen LogP contribution in [0.5, 0.6) is 11.5 Å². The maximum absolute atomic E-state index is 6.39. The fourth-order valence-corrected chi connectivity index (χ4v) is 4.44. The minimum Gasteiger partial charge on any atom is -0.423 e. The largest absolute Gasteiger partial charge is 0.423 e. The summed E-state index contributed by atoms with van der Waals surface area (Å²) in [4.78, 5) is 0. The van der Waals surface area contributed by atoms with Gasteiger partial charge in [0.25, 0.3) is 0 Å². The summed E-state index contributed by atoms with van der Waals surface area (Å²) in [6.07, 6.45) is 3.94. The van der Waals surface area contributed by atoms with Crippen molar-refractivity contribution >= 4 is 30.1 Å². The highest BCUT2D eigenvalue weighted by Crippen LogP contribution is 2.44. The van der Waals surface area contributed by atoms with Crippen LogP contribution in [-0.2, 0) is 0 Å². The fraction of sp³-hybridized carbons (Fsp3) is 0. The molecule has 0 spiro atoms. The first kappa shape index (κ1) is 16.9. The second-order valence-electron chi connectivity index (χ2n) is 6.47. The molecule has 4 heteroatoms. The molecule has 4 aromatic carbocycles. The third kappa shape index (κ3) is 3.33. The van der Waals surface area contributed by atoms with E-state index in [-0.39, 0.29) is 0 Å². The van der Waals surface area contributed by atoms with Crippen molar-refractivity contribution in [3.8, 4) is 11.5 Å². The third-order valence-electron chi connectivity index (χ3n) is 4.61. The van der Waals surface area contributed by atoms with Gasteiger partial charge in [0.1, 0.15) is 11.5 Å². The topological polar surface area (TPSA) is 23.4 Å². The predicted molar refractivity (Wildman–Crippen MR) is 116 cm³/mol. The van der Waals surface area contributed by atoms with Crippen LogP contribution < -0.4 is 9.05 Å². The van der Waals surface area contributed by atoms with Gasteiger partial charge < -0.3 is 9.05 Å². The predicted octanol–water partition coefficient (Wildman–Crippen LogP) is 7.03. The van der Waals surface area contributed by atoms with Crippen molar-refractivity contribution in [1.29, 1.82) is 0 Å². The first-order valence-corrected chi connectivity index (χ1v) is 10.3. The molecule has 3 nitrogen and oxygen atoms in total. The number of hydrogen-bond acceptors (Lipinski definition) is 2. The maximum atomic E-state index is 6.39. The molecule has 1 aromatic heterocycles. The first-order valence-electron chi connectivity index (χ1n) is 9.13. The van der Waals surface area contributed by atoms with E-state index in [1.807, 2.05) is 71.3 Å². The number of hydrogen-bond donors (Lipinski definition) is 0. The van der Waals surface area contributed by atoms with Gasteiger partial charge in [-0.15, -0.1) is 0 Å². The molecule has 0 N–H and O–H groups in total. The molecule has 0 aliphatic carbocycles. The van der Waals surface area contributed by atoms with Crippen LogP contribution in [0.4, 0.5) is 0 Å². The quantitative estimate of drug-likeness (QED) is 0.304. The molecule has 5 aromatic rings. The van der Waals surface area contributed by atoms with Gasteiger partial charge in [-0.1, -0.05) is 66.7 Å². The van der Waals surface area contributed by atoms with Crippen LogP contribution in [0.2, 0.25) is 0 Å². The standard InChI is InChI=1S/C24H18NO2P/c1-2-10-21-18-22(15-14-19(21)8-1)26-28(25-16-5-6-17-25)27-24-13-7-11-20-9-3-4-12-23(20)24/h1-18H. The SMILES string of the molecule is c1ccc2cc(OP(Oc3cccc4ccccc34)n3cccc3)ccc2c1. The van der Waals surface area contributed by atoms with Crippen molar-refractivity contribution in [3.63, 3.8) is 0 Å². The summed E-state index contributed by atoms with van der Waals surface area (Å²) in [5.74, 6) is 1.61. The molecule has 28 heavy (non-hydrogen) atoms. The Bertz CT molecular complexity index is 1230. The molecule has 0 fully saturated rings. The Kier molecular flexibility index (Phi) is 4.44. The van der Waals surface area contributed by atoms with E-state index in [2.05, 4.69) is 42.5 Å². The molecule has 1 heterocycles. The van der Waals surface area contributed by atoms with E-state index in [9.17, 15) is 0 Å². The Morgan fingerprint density at radius 3 is 2.14 bits per heavy atom. The summed E-state index contributed by atoms with van der Waals surface area (Å²) in [6, 6.07) is 32.7. The second-order valence-corrected chi connectivity index (χ2v) is 7.77. The molecule has 0 aliphatic rings. The van der Waals surface area contributed by atoms with Gasteiger partial charge in [0.2, 0.25) is 0 Å². The number of benzene rings is 4. The average Bonchev–Trinajstić information content (AvgIpc) is 3.28. The van der Waals surface area contributed by atoms with Crippen molar-refractivity contribution in [3.05, 3.63) is 109 Å². The summed E-state index contributed by atoms with van der Waals surface area (Å²) in [5, 5.41) is 4.56. The molecule has 5 rings (SSSR count). The monoisotopic (exact) mass is 383 g/mol. The zero-order chi connectivity index (χ0) is 18.8. The fourth-order valence-electron chi connectivity index (χ4n) is 3.22. The highest BCUT2D eigenvalue weighted by molar-refractivity contribution is 7.46. The second kappa shape index (κ2) is 7.38. The maximum Gasteiger partial charge on any atom is 0.421 e. The van der Waals surface area contributed by atoms with Crippen molar-refractivity contribution in [2.75, 3.05) is 0 Å². The summed E-state index contributed by atoms with van der Waals surface area (Å²) in [5.41, 5.74) is 0. The molecular weight excluding hydrogens is 365 g/mol. The minimum atomic E-state index is -1.38. The van der Waals surface area contributed by atoms with Crippen LogP contribution >= 0.6 is 8.53 Å². The molecule has 1 unspecified atom stereocenters. The van der Waals surface area contributed by atoms with Crippen molar-refractivity contribution in [2.24, 2.45) is 0 Å². The van der Waals surface area contributed by atoms with Gasteiger partial charge in [0.15, 0.2) is 0 Å². The van der Waals surface area contributed by atoms with E-state index >= 15 is 0 Å². The Morgan fingerprint density at radius 1 is 0.571 bits per heavy atom. The Labute approximate surface area is 164 Å². The molecule has 0 aliphatic heterocycles. The van der Waals surface area contributed by atoms with Crippen molar-refractivity contribution in [1.82, 2.24) is 4.34 Å². The Morgan fingerprint density at radius 2 is 1.29 bits per heavy atom. The highest BCUT2D eigenvalue weighted by Gasteiger charge is 2.19. The smallest absolute Gasteiger partial charge is 0.421 e.